The third-order valence-corrected chi connectivity index (χ3v) is 5.62. The number of carbonyl (C=O) groups is 1. The minimum absolute atomic E-state index is 0.0611. The summed E-state index contributed by atoms with van der Waals surface area (Å²) in [6.07, 6.45) is 3.93. The number of hydrogen-bond donors (Lipinski definition) is 0. The zero-order chi connectivity index (χ0) is 19.5. The van der Waals surface area contributed by atoms with Crippen LogP contribution < -0.4 is 5.56 Å². The third kappa shape index (κ3) is 3.44. The van der Waals surface area contributed by atoms with Crippen LogP contribution in [-0.2, 0) is 13.0 Å². The molecule has 144 valence electrons. The Morgan fingerprint density at radius 1 is 1.07 bits per heavy atom. The van der Waals surface area contributed by atoms with Crippen LogP contribution in [-0.4, -0.2) is 33.2 Å². The molecule has 0 aliphatic carbocycles. The van der Waals surface area contributed by atoms with Crippen molar-refractivity contribution in [3.63, 3.8) is 0 Å². The predicted octanol–water partition coefficient (Wildman–Crippen LogP) is 3.65. The molecule has 0 bridgehead atoms. The van der Waals surface area contributed by atoms with E-state index in [2.05, 4.69) is 29.4 Å². The second-order valence-electron chi connectivity index (χ2n) is 7.33. The molecule has 1 saturated heterocycles. The summed E-state index contributed by atoms with van der Waals surface area (Å²) in [5.74, 6) is -0.0611. The number of aromatic nitrogens is 2. The molecule has 0 radical (unpaired) electrons. The zero-order valence-corrected chi connectivity index (χ0v) is 16.2. The van der Waals surface area contributed by atoms with Crippen molar-refractivity contribution in [1.29, 1.82) is 0 Å². The molecule has 5 heteroatoms. The van der Waals surface area contributed by atoms with Crippen LogP contribution in [0.2, 0.25) is 0 Å². The molecule has 1 atom stereocenters. The molecule has 0 spiro atoms. The summed E-state index contributed by atoms with van der Waals surface area (Å²) < 4.78 is 1.39. The van der Waals surface area contributed by atoms with Crippen molar-refractivity contribution in [3.8, 4) is 0 Å². The molecule has 2 aromatic carbocycles. The van der Waals surface area contributed by atoms with Crippen LogP contribution in [0.15, 0.2) is 59.4 Å². The molecule has 1 aliphatic heterocycles. The van der Waals surface area contributed by atoms with Gasteiger partial charge in [0, 0.05) is 24.5 Å². The van der Waals surface area contributed by atoms with Crippen molar-refractivity contribution in [1.82, 2.24) is 14.7 Å². The van der Waals surface area contributed by atoms with Crippen LogP contribution >= 0.6 is 0 Å². The highest BCUT2D eigenvalue weighted by Crippen LogP contribution is 2.25. The lowest BCUT2D eigenvalue weighted by Gasteiger charge is -2.25. The topological polar surface area (TPSA) is 55.2 Å². The highest BCUT2D eigenvalue weighted by Gasteiger charge is 2.31. The average molecular weight is 375 g/mol. The third-order valence-electron chi connectivity index (χ3n) is 5.62. The van der Waals surface area contributed by atoms with Gasteiger partial charge in [-0.2, -0.15) is 5.10 Å². The Labute approximate surface area is 164 Å². The van der Waals surface area contributed by atoms with E-state index >= 15 is 0 Å². The number of fused-ring (bicyclic) bond motifs is 1. The SMILES string of the molecule is CCn1nc(C(=O)N2CCCC2CCc2ccccc2)c2ccccc2c1=O. The number of hydrogen-bond acceptors (Lipinski definition) is 3. The molecule has 1 amide bonds. The summed E-state index contributed by atoms with van der Waals surface area (Å²) in [6.45, 7) is 3.07. The molecule has 0 N–H and O–H groups in total. The van der Waals surface area contributed by atoms with E-state index < -0.39 is 0 Å². The van der Waals surface area contributed by atoms with E-state index in [-0.39, 0.29) is 17.5 Å². The molecular formula is C23H25N3O2. The summed E-state index contributed by atoms with van der Waals surface area (Å²) in [5.41, 5.74) is 1.55. The van der Waals surface area contributed by atoms with Crippen LogP contribution in [0, 0.1) is 0 Å². The Balaban J connectivity index is 1.63. The summed E-state index contributed by atoms with van der Waals surface area (Å²) in [7, 11) is 0. The molecule has 3 aromatic rings. The Kier molecular flexibility index (Phi) is 5.24. The number of rotatable bonds is 5. The fourth-order valence-electron chi connectivity index (χ4n) is 4.12. The van der Waals surface area contributed by atoms with Crippen molar-refractivity contribution in [2.24, 2.45) is 0 Å². The lowest BCUT2D eigenvalue weighted by atomic mass is 10.0. The van der Waals surface area contributed by atoms with Gasteiger partial charge in [-0.25, -0.2) is 4.68 Å². The molecule has 1 fully saturated rings. The minimum Gasteiger partial charge on any atom is -0.334 e. The van der Waals surface area contributed by atoms with Crippen molar-refractivity contribution < 1.29 is 4.79 Å². The van der Waals surface area contributed by atoms with Gasteiger partial charge in [0.2, 0.25) is 0 Å². The van der Waals surface area contributed by atoms with Crippen LogP contribution in [0.25, 0.3) is 10.8 Å². The normalized spacial score (nSPS) is 16.6. The van der Waals surface area contributed by atoms with E-state index in [0.29, 0.717) is 23.0 Å². The smallest absolute Gasteiger partial charge is 0.275 e. The van der Waals surface area contributed by atoms with Gasteiger partial charge in [0.05, 0.1) is 5.39 Å². The number of likely N-dealkylation sites (tertiary alicyclic amines) is 1. The summed E-state index contributed by atoms with van der Waals surface area (Å²) >= 11 is 0. The molecule has 0 saturated carbocycles. The summed E-state index contributed by atoms with van der Waals surface area (Å²) in [5, 5.41) is 5.64. The quantitative estimate of drug-likeness (QED) is 0.684. The molecule has 5 nitrogen and oxygen atoms in total. The van der Waals surface area contributed by atoms with Gasteiger partial charge in [-0.15, -0.1) is 0 Å². The first-order valence-electron chi connectivity index (χ1n) is 10.0. The van der Waals surface area contributed by atoms with Gasteiger partial charge in [-0.3, -0.25) is 9.59 Å². The molecule has 2 heterocycles. The van der Waals surface area contributed by atoms with E-state index in [1.807, 2.05) is 36.1 Å². The first kappa shape index (κ1) is 18.4. The van der Waals surface area contributed by atoms with Gasteiger partial charge in [-0.1, -0.05) is 48.5 Å². The van der Waals surface area contributed by atoms with Gasteiger partial charge in [0.1, 0.15) is 0 Å². The lowest BCUT2D eigenvalue weighted by Crippen LogP contribution is -2.38. The second kappa shape index (κ2) is 7.97. The molecule has 4 rings (SSSR count). The van der Waals surface area contributed by atoms with E-state index in [0.717, 1.165) is 32.2 Å². The Morgan fingerprint density at radius 2 is 1.79 bits per heavy atom. The first-order chi connectivity index (χ1) is 13.7. The highest BCUT2D eigenvalue weighted by atomic mass is 16.2. The lowest BCUT2D eigenvalue weighted by molar-refractivity contribution is 0.0724. The Hall–Kier alpha value is -2.95. The Bertz CT molecular complexity index is 1040. The number of amides is 1. The van der Waals surface area contributed by atoms with E-state index in [9.17, 15) is 9.59 Å². The van der Waals surface area contributed by atoms with E-state index in [4.69, 9.17) is 0 Å². The second-order valence-corrected chi connectivity index (χ2v) is 7.33. The standard InChI is InChI=1S/C23H25N3O2/c1-2-26-22(27)20-13-7-6-12-19(20)21(24-26)23(28)25-16-8-11-18(25)15-14-17-9-4-3-5-10-17/h3-7,9-10,12-13,18H,2,8,11,14-16H2,1H3. The average Bonchev–Trinajstić information content (AvgIpc) is 3.22. The van der Waals surface area contributed by atoms with Crippen molar-refractivity contribution in [2.45, 2.75) is 45.2 Å². The van der Waals surface area contributed by atoms with Crippen LogP contribution in [0.1, 0.15) is 42.2 Å². The van der Waals surface area contributed by atoms with Gasteiger partial charge >= 0.3 is 0 Å². The van der Waals surface area contributed by atoms with Gasteiger partial charge in [0.25, 0.3) is 11.5 Å². The summed E-state index contributed by atoms with van der Waals surface area (Å²) in [6, 6.07) is 17.9. The fourth-order valence-corrected chi connectivity index (χ4v) is 4.12. The van der Waals surface area contributed by atoms with Crippen LogP contribution in [0.5, 0.6) is 0 Å². The van der Waals surface area contributed by atoms with E-state index in [1.54, 1.807) is 6.07 Å². The van der Waals surface area contributed by atoms with Crippen molar-refractivity contribution in [3.05, 3.63) is 76.2 Å². The molecule has 1 aliphatic rings. The first-order valence-corrected chi connectivity index (χ1v) is 10.0. The Morgan fingerprint density at radius 3 is 2.54 bits per heavy atom. The maximum absolute atomic E-state index is 13.4. The number of carbonyl (C=O) groups excluding carboxylic acids is 1. The van der Waals surface area contributed by atoms with Gasteiger partial charge in [0.15, 0.2) is 5.69 Å². The number of nitrogens with zero attached hydrogens (tertiary/aromatic N) is 3. The van der Waals surface area contributed by atoms with Crippen molar-refractivity contribution in [2.75, 3.05) is 6.54 Å². The van der Waals surface area contributed by atoms with Crippen LogP contribution in [0.4, 0.5) is 0 Å². The van der Waals surface area contributed by atoms with Crippen LogP contribution in [0.3, 0.4) is 0 Å². The monoisotopic (exact) mass is 375 g/mol. The molecular weight excluding hydrogens is 350 g/mol. The maximum Gasteiger partial charge on any atom is 0.275 e. The van der Waals surface area contributed by atoms with Gasteiger partial charge in [-0.05, 0) is 44.2 Å². The van der Waals surface area contributed by atoms with Crippen molar-refractivity contribution >= 4 is 16.7 Å². The predicted molar refractivity (Wildman–Crippen MR) is 110 cm³/mol. The largest absolute Gasteiger partial charge is 0.334 e. The van der Waals surface area contributed by atoms with E-state index in [1.165, 1.54) is 10.2 Å². The molecule has 28 heavy (non-hydrogen) atoms. The minimum atomic E-state index is -0.142. The van der Waals surface area contributed by atoms with Gasteiger partial charge < -0.3 is 4.90 Å². The number of benzene rings is 2. The maximum atomic E-state index is 13.4. The highest BCUT2D eigenvalue weighted by molar-refractivity contribution is 6.05. The fraction of sp³-hybridized carbons (Fsp3) is 0.348. The molecule has 1 unspecified atom stereocenters. The molecule has 1 aromatic heterocycles. The number of aryl methyl sites for hydroxylation is 2. The zero-order valence-electron chi connectivity index (χ0n) is 16.2. The summed E-state index contributed by atoms with van der Waals surface area (Å²) in [4.78, 5) is 27.9.